The number of hydrogen-bond donors (Lipinski definition) is 1. The Bertz CT molecular complexity index is 188. The van der Waals surface area contributed by atoms with Crippen LogP contribution in [-0.4, -0.2) is 35.1 Å². The first-order chi connectivity index (χ1) is 6.93. The highest BCUT2D eigenvalue weighted by molar-refractivity contribution is 5.73. The quantitative estimate of drug-likeness (QED) is 0.709. The largest absolute Gasteiger partial charge is 0.480 e. The highest BCUT2D eigenvalue weighted by Gasteiger charge is 2.27. The minimum Gasteiger partial charge on any atom is -0.480 e. The van der Waals surface area contributed by atoms with Crippen LogP contribution in [0.25, 0.3) is 0 Å². The van der Waals surface area contributed by atoms with E-state index in [9.17, 15) is 9.90 Å². The average Bonchev–Trinajstić information content (AvgIpc) is 2.15. The second kappa shape index (κ2) is 6.83. The molecule has 1 atom stereocenters. The van der Waals surface area contributed by atoms with E-state index < -0.39 is 5.97 Å². The normalized spacial score (nSPS) is 13.9. The van der Waals surface area contributed by atoms with E-state index in [4.69, 9.17) is 0 Å². The topological polar surface area (TPSA) is 40.5 Å². The lowest BCUT2D eigenvalue weighted by molar-refractivity contribution is -0.144. The highest BCUT2D eigenvalue weighted by atomic mass is 16.4. The van der Waals surface area contributed by atoms with Crippen LogP contribution in [0.2, 0.25) is 0 Å². The molecule has 0 fully saturated rings. The molecule has 0 aliphatic rings. The number of aliphatic carboxylic acids is 1. The third-order valence-electron chi connectivity index (χ3n) is 2.99. The van der Waals surface area contributed by atoms with Gasteiger partial charge < -0.3 is 5.11 Å². The Morgan fingerprint density at radius 2 is 1.73 bits per heavy atom. The first kappa shape index (κ1) is 14.4. The summed E-state index contributed by atoms with van der Waals surface area (Å²) >= 11 is 0. The highest BCUT2D eigenvalue weighted by Crippen LogP contribution is 2.16. The summed E-state index contributed by atoms with van der Waals surface area (Å²) in [6.07, 6.45) is 2.74. The van der Waals surface area contributed by atoms with Crippen molar-refractivity contribution in [3.05, 3.63) is 0 Å². The van der Waals surface area contributed by atoms with Gasteiger partial charge in [0.25, 0.3) is 0 Å². The Morgan fingerprint density at radius 1 is 1.27 bits per heavy atom. The number of carboxylic acids is 1. The van der Waals surface area contributed by atoms with Gasteiger partial charge in [0.15, 0.2) is 0 Å². The number of nitrogens with zero attached hydrogens (tertiary/aromatic N) is 1. The molecule has 1 unspecified atom stereocenters. The molecule has 0 rings (SSSR count). The molecule has 0 aliphatic carbocycles. The van der Waals surface area contributed by atoms with E-state index >= 15 is 0 Å². The zero-order valence-electron chi connectivity index (χ0n) is 10.7. The van der Waals surface area contributed by atoms with Crippen LogP contribution in [0, 0.1) is 5.92 Å². The molecule has 0 aromatic rings. The van der Waals surface area contributed by atoms with Gasteiger partial charge in [0, 0.05) is 6.04 Å². The second-order valence-electron chi connectivity index (χ2n) is 4.62. The summed E-state index contributed by atoms with van der Waals surface area (Å²) in [6.45, 7) is 8.35. The van der Waals surface area contributed by atoms with Gasteiger partial charge in [-0.2, -0.15) is 0 Å². The van der Waals surface area contributed by atoms with Crippen molar-refractivity contribution in [2.45, 2.75) is 59.0 Å². The minimum atomic E-state index is -0.696. The lowest BCUT2D eigenvalue weighted by Crippen LogP contribution is -2.45. The molecule has 3 nitrogen and oxygen atoms in total. The molecule has 0 amide bonds. The smallest absolute Gasteiger partial charge is 0.320 e. The summed E-state index contributed by atoms with van der Waals surface area (Å²) in [5.74, 6) is -0.277. The molecule has 15 heavy (non-hydrogen) atoms. The first-order valence-corrected chi connectivity index (χ1v) is 5.88. The number of carboxylic acid groups (broad SMARTS) is 1. The maximum Gasteiger partial charge on any atom is 0.320 e. The molecule has 0 radical (unpaired) electrons. The van der Waals surface area contributed by atoms with Crippen LogP contribution < -0.4 is 0 Å². The summed E-state index contributed by atoms with van der Waals surface area (Å²) < 4.78 is 0. The molecule has 0 aliphatic heterocycles. The van der Waals surface area contributed by atoms with Gasteiger partial charge in [0.1, 0.15) is 6.04 Å². The van der Waals surface area contributed by atoms with Crippen molar-refractivity contribution < 1.29 is 9.90 Å². The number of carbonyl (C=O) groups is 1. The SMILES string of the molecule is CCC(CC)N(C)C(CC(C)C)C(=O)O. The van der Waals surface area contributed by atoms with Crippen molar-refractivity contribution in [1.82, 2.24) is 4.90 Å². The van der Waals surface area contributed by atoms with E-state index in [1.165, 1.54) is 0 Å². The van der Waals surface area contributed by atoms with Crippen LogP contribution in [0.5, 0.6) is 0 Å². The third kappa shape index (κ3) is 4.65. The van der Waals surface area contributed by atoms with Crippen LogP contribution in [-0.2, 0) is 4.79 Å². The molecule has 0 spiro atoms. The van der Waals surface area contributed by atoms with Gasteiger partial charge in [-0.3, -0.25) is 9.69 Å². The Kier molecular flexibility index (Phi) is 6.57. The van der Waals surface area contributed by atoms with Crippen molar-refractivity contribution in [3.8, 4) is 0 Å². The fourth-order valence-electron chi connectivity index (χ4n) is 2.01. The van der Waals surface area contributed by atoms with Crippen molar-refractivity contribution in [2.24, 2.45) is 5.92 Å². The van der Waals surface area contributed by atoms with Crippen molar-refractivity contribution in [2.75, 3.05) is 7.05 Å². The standard InChI is InChI=1S/C12H25NO2/c1-6-10(7-2)13(5)11(12(14)15)8-9(3)4/h9-11H,6-8H2,1-5H3,(H,14,15). The van der Waals surface area contributed by atoms with Gasteiger partial charge in [0.2, 0.25) is 0 Å². The maximum absolute atomic E-state index is 11.2. The Morgan fingerprint density at radius 3 is 2.00 bits per heavy atom. The lowest BCUT2D eigenvalue weighted by Gasteiger charge is -2.32. The van der Waals surface area contributed by atoms with Gasteiger partial charge in [-0.05, 0) is 32.2 Å². The summed E-state index contributed by atoms with van der Waals surface area (Å²) in [4.78, 5) is 13.2. The molecule has 0 aromatic heterocycles. The van der Waals surface area contributed by atoms with Gasteiger partial charge in [-0.1, -0.05) is 27.7 Å². The van der Waals surface area contributed by atoms with E-state index in [1.807, 2.05) is 11.9 Å². The zero-order valence-corrected chi connectivity index (χ0v) is 10.7. The fraction of sp³-hybridized carbons (Fsp3) is 0.917. The molecule has 0 aromatic carbocycles. The van der Waals surface area contributed by atoms with Crippen LogP contribution in [0.1, 0.15) is 47.0 Å². The van der Waals surface area contributed by atoms with Crippen LogP contribution >= 0.6 is 0 Å². The van der Waals surface area contributed by atoms with Crippen molar-refractivity contribution in [3.63, 3.8) is 0 Å². The summed E-state index contributed by atoms with van der Waals surface area (Å²) in [5, 5.41) is 9.19. The lowest BCUT2D eigenvalue weighted by atomic mass is 10.00. The maximum atomic E-state index is 11.2. The predicted octanol–water partition coefficient (Wildman–Crippen LogP) is 2.61. The Labute approximate surface area is 93.5 Å². The zero-order chi connectivity index (χ0) is 12.0. The third-order valence-corrected chi connectivity index (χ3v) is 2.99. The second-order valence-corrected chi connectivity index (χ2v) is 4.62. The van der Waals surface area contributed by atoms with Gasteiger partial charge in [0.05, 0.1) is 0 Å². The number of hydrogen-bond acceptors (Lipinski definition) is 2. The molecule has 1 N–H and O–H groups in total. The van der Waals surface area contributed by atoms with Crippen LogP contribution in [0.15, 0.2) is 0 Å². The van der Waals surface area contributed by atoms with Gasteiger partial charge in [-0.15, -0.1) is 0 Å². The molecular formula is C12H25NO2. The molecule has 0 saturated heterocycles. The molecule has 90 valence electrons. The Hall–Kier alpha value is -0.570. The molecule has 3 heteroatoms. The monoisotopic (exact) mass is 215 g/mol. The molecule has 0 heterocycles. The number of rotatable bonds is 7. The van der Waals surface area contributed by atoms with E-state index in [1.54, 1.807) is 0 Å². The molecule has 0 bridgehead atoms. The minimum absolute atomic E-state index is 0.338. The van der Waals surface area contributed by atoms with Gasteiger partial charge in [-0.25, -0.2) is 0 Å². The van der Waals surface area contributed by atoms with E-state index in [0.717, 1.165) is 19.3 Å². The molecule has 0 saturated carbocycles. The summed E-state index contributed by atoms with van der Waals surface area (Å²) in [5.41, 5.74) is 0. The summed E-state index contributed by atoms with van der Waals surface area (Å²) in [6, 6.07) is 0.0414. The van der Waals surface area contributed by atoms with Crippen LogP contribution in [0.3, 0.4) is 0 Å². The van der Waals surface area contributed by atoms with E-state index in [0.29, 0.717) is 12.0 Å². The van der Waals surface area contributed by atoms with E-state index in [2.05, 4.69) is 27.7 Å². The number of likely N-dealkylation sites (N-methyl/N-ethyl adjacent to an activating group) is 1. The van der Waals surface area contributed by atoms with Gasteiger partial charge >= 0.3 is 5.97 Å². The molecular weight excluding hydrogens is 190 g/mol. The van der Waals surface area contributed by atoms with Crippen molar-refractivity contribution in [1.29, 1.82) is 0 Å². The van der Waals surface area contributed by atoms with E-state index in [-0.39, 0.29) is 6.04 Å². The fourth-order valence-corrected chi connectivity index (χ4v) is 2.01. The summed E-state index contributed by atoms with van der Waals surface area (Å²) in [7, 11) is 1.93. The van der Waals surface area contributed by atoms with Crippen molar-refractivity contribution >= 4 is 5.97 Å². The first-order valence-electron chi connectivity index (χ1n) is 5.88. The Balaban J connectivity index is 4.53. The average molecular weight is 215 g/mol. The van der Waals surface area contributed by atoms with Crippen LogP contribution in [0.4, 0.5) is 0 Å². The predicted molar refractivity (Wildman–Crippen MR) is 63.0 cm³/mol.